The molecule has 2 aliphatic rings. The highest BCUT2D eigenvalue weighted by Crippen LogP contribution is 2.28. The van der Waals surface area contributed by atoms with E-state index in [1.807, 2.05) is 24.8 Å². The Morgan fingerprint density at radius 3 is 2.68 bits per heavy atom. The summed E-state index contributed by atoms with van der Waals surface area (Å²) in [6.45, 7) is 6.51. The molecule has 0 bridgehead atoms. The van der Waals surface area contributed by atoms with Crippen molar-refractivity contribution < 1.29 is 18.7 Å². The summed E-state index contributed by atoms with van der Waals surface area (Å²) in [6.07, 6.45) is -1.03. The molecule has 2 saturated heterocycles. The quantitative estimate of drug-likeness (QED) is 0.670. The van der Waals surface area contributed by atoms with Gasteiger partial charge in [0.15, 0.2) is 0 Å². The van der Waals surface area contributed by atoms with Gasteiger partial charge >= 0.3 is 6.09 Å². The van der Waals surface area contributed by atoms with Gasteiger partial charge < -0.3 is 19.9 Å². The molecule has 2 amide bonds. The highest BCUT2D eigenvalue weighted by Gasteiger charge is 2.33. The lowest BCUT2D eigenvalue weighted by Gasteiger charge is -2.36. The number of halogens is 1. The summed E-state index contributed by atoms with van der Waals surface area (Å²) in [5.74, 6) is -0.440. The minimum absolute atomic E-state index is 0.144. The van der Waals surface area contributed by atoms with Gasteiger partial charge in [-0.25, -0.2) is 9.18 Å². The number of benzene rings is 1. The Balaban J connectivity index is 1.60. The van der Waals surface area contributed by atoms with Crippen molar-refractivity contribution in [2.24, 2.45) is 5.92 Å². The molecule has 3 rings (SSSR count). The first-order valence-electron chi connectivity index (χ1n) is 10.2. The Hall–Kier alpha value is -2.93. The molecule has 2 aliphatic heterocycles. The molecule has 2 fully saturated rings. The lowest BCUT2D eigenvalue weighted by atomic mass is 10.2. The molecule has 0 aliphatic carbocycles. The number of anilines is 2. The number of nitriles is 1. The molecule has 1 aromatic rings. The van der Waals surface area contributed by atoms with Gasteiger partial charge in [0.05, 0.1) is 35.5 Å². The second kappa shape index (κ2) is 9.92. The van der Waals surface area contributed by atoms with Crippen LogP contribution in [0.3, 0.4) is 0 Å². The van der Waals surface area contributed by atoms with E-state index in [-0.39, 0.29) is 24.3 Å². The van der Waals surface area contributed by atoms with Crippen LogP contribution in [0.2, 0.25) is 0 Å². The summed E-state index contributed by atoms with van der Waals surface area (Å²) in [4.78, 5) is 29.7. The number of cyclic esters (lactones) is 1. The zero-order valence-electron chi connectivity index (χ0n) is 17.6. The second-order valence-electron chi connectivity index (χ2n) is 7.85. The number of piperazine rings is 1. The van der Waals surface area contributed by atoms with Crippen molar-refractivity contribution >= 4 is 40.6 Å². The molecule has 0 saturated carbocycles. The number of hydrogen-bond acceptors (Lipinski definition) is 6. The van der Waals surface area contributed by atoms with E-state index in [9.17, 15) is 14.0 Å². The predicted octanol–water partition coefficient (Wildman–Crippen LogP) is 2.29. The number of thiocarbonyl (C=S) groups is 1. The standard InChI is InChI=1S/C21H26FN5O3S/c1-14(2)20(31)24-12-16-13-27(21(29)30-16)15-3-4-18(17(22)11-15)25-7-9-26(10-8-25)19(28)5-6-23/h3-4,11,14,16H,5,7-10,12-13H2,1-2H3,(H,24,31). The van der Waals surface area contributed by atoms with Crippen molar-refractivity contribution in [1.29, 1.82) is 5.26 Å². The molecule has 0 aromatic heterocycles. The van der Waals surface area contributed by atoms with Gasteiger partial charge in [0, 0.05) is 32.1 Å². The van der Waals surface area contributed by atoms with Gasteiger partial charge in [-0.2, -0.15) is 5.26 Å². The Bertz CT molecular complexity index is 895. The van der Waals surface area contributed by atoms with Gasteiger partial charge in [-0.05, 0) is 18.2 Å². The number of nitrogens with one attached hydrogen (secondary N) is 1. The molecule has 0 spiro atoms. The van der Waals surface area contributed by atoms with Crippen LogP contribution in [0, 0.1) is 23.1 Å². The lowest BCUT2D eigenvalue weighted by molar-refractivity contribution is -0.130. The van der Waals surface area contributed by atoms with Crippen molar-refractivity contribution in [2.75, 3.05) is 49.1 Å². The number of ether oxygens (including phenoxy) is 1. The Kier molecular flexibility index (Phi) is 7.28. The predicted molar refractivity (Wildman–Crippen MR) is 118 cm³/mol. The molecule has 166 valence electrons. The third kappa shape index (κ3) is 5.41. The zero-order valence-corrected chi connectivity index (χ0v) is 18.5. The van der Waals surface area contributed by atoms with Crippen LogP contribution >= 0.6 is 12.2 Å². The van der Waals surface area contributed by atoms with Gasteiger partial charge in [0.1, 0.15) is 18.3 Å². The first kappa shape index (κ1) is 22.7. The molecule has 0 radical (unpaired) electrons. The van der Waals surface area contributed by atoms with E-state index >= 15 is 0 Å². The van der Waals surface area contributed by atoms with Crippen LogP contribution in [-0.4, -0.2) is 67.3 Å². The number of rotatable bonds is 6. The Labute approximate surface area is 186 Å². The van der Waals surface area contributed by atoms with E-state index in [4.69, 9.17) is 22.2 Å². The highest BCUT2D eigenvalue weighted by atomic mass is 32.1. The highest BCUT2D eigenvalue weighted by molar-refractivity contribution is 7.80. The maximum Gasteiger partial charge on any atom is 0.414 e. The summed E-state index contributed by atoms with van der Waals surface area (Å²) in [6, 6.07) is 6.53. The van der Waals surface area contributed by atoms with Crippen LogP contribution in [0.4, 0.5) is 20.6 Å². The van der Waals surface area contributed by atoms with Crippen molar-refractivity contribution in [3.63, 3.8) is 0 Å². The fourth-order valence-corrected chi connectivity index (χ4v) is 3.64. The molecule has 1 unspecified atom stereocenters. The van der Waals surface area contributed by atoms with Crippen LogP contribution in [0.1, 0.15) is 20.3 Å². The van der Waals surface area contributed by atoms with Crippen molar-refractivity contribution in [3.05, 3.63) is 24.0 Å². The second-order valence-corrected chi connectivity index (χ2v) is 8.29. The third-order valence-electron chi connectivity index (χ3n) is 5.35. The normalized spacial score (nSPS) is 18.7. The topological polar surface area (TPSA) is 88.9 Å². The van der Waals surface area contributed by atoms with Gasteiger partial charge in [-0.3, -0.25) is 9.69 Å². The average molecular weight is 448 g/mol. The van der Waals surface area contributed by atoms with Crippen LogP contribution < -0.4 is 15.1 Å². The molecule has 8 nitrogen and oxygen atoms in total. The first-order valence-corrected chi connectivity index (χ1v) is 10.7. The Morgan fingerprint density at radius 1 is 1.35 bits per heavy atom. The van der Waals surface area contributed by atoms with Gasteiger partial charge in [-0.15, -0.1) is 0 Å². The number of carbonyl (C=O) groups excluding carboxylic acids is 2. The van der Waals surface area contributed by atoms with E-state index in [1.165, 1.54) is 11.0 Å². The number of amides is 2. The van der Waals surface area contributed by atoms with Gasteiger partial charge in [-0.1, -0.05) is 26.1 Å². The molecular weight excluding hydrogens is 421 g/mol. The maximum absolute atomic E-state index is 14.9. The van der Waals surface area contributed by atoms with Crippen molar-refractivity contribution in [3.8, 4) is 6.07 Å². The van der Waals surface area contributed by atoms with E-state index < -0.39 is 11.9 Å². The molecular formula is C21H26FN5O3S. The van der Waals surface area contributed by atoms with Gasteiger partial charge in [0.25, 0.3) is 0 Å². The minimum Gasteiger partial charge on any atom is -0.442 e. The average Bonchev–Trinajstić information content (AvgIpc) is 3.12. The van der Waals surface area contributed by atoms with Crippen molar-refractivity contribution in [2.45, 2.75) is 26.4 Å². The maximum atomic E-state index is 14.9. The summed E-state index contributed by atoms with van der Waals surface area (Å²) < 4.78 is 20.2. The van der Waals surface area contributed by atoms with E-state index in [2.05, 4.69) is 5.32 Å². The first-order chi connectivity index (χ1) is 14.8. The van der Waals surface area contributed by atoms with Crippen molar-refractivity contribution in [1.82, 2.24) is 10.2 Å². The number of hydrogen-bond donors (Lipinski definition) is 1. The zero-order chi connectivity index (χ0) is 22.5. The molecule has 10 heteroatoms. The lowest BCUT2D eigenvalue weighted by Crippen LogP contribution is -2.49. The SMILES string of the molecule is CC(C)C(=S)NCC1CN(c2ccc(N3CCN(C(=O)CC#N)CC3)c(F)c2)C(=O)O1. The molecule has 1 N–H and O–H groups in total. The third-order valence-corrected chi connectivity index (χ3v) is 5.96. The largest absolute Gasteiger partial charge is 0.442 e. The van der Waals surface area contributed by atoms with Crippen LogP contribution in [0.5, 0.6) is 0 Å². The number of nitrogens with zero attached hydrogens (tertiary/aromatic N) is 4. The monoisotopic (exact) mass is 447 g/mol. The molecule has 1 aromatic carbocycles. The summed E-state index contributed by atoms with van der Waals surface area (Å²) in [5, 5.41) is 11.8. The smallest absolute Gasteiger partial charge is 0.414 e. The number of carbonyl (C=O) groups is 2. The summed E-state index contributed by atoms with van der Waals surface area (Å²) in [5.41, 5.74) is 0.854. The van der Waals surface area contributed by atoms with Crippen LogP contribution in [0.15, 0.2) is 18.2 Å². The summed E-state index contributed by atoms with van der Waals surface area (Å²) in [7, 11) is 0. The minimum atomic E-state index is -0.515. The van der Waals surface area contributed by atoms with E-state index in [1.54, 1.807) is 17.0 Å². The molecule has 1 atom stereocenters. The molecule has 2 heterocycles. The molecule has 31 heavy (non-hydrogen) atoms. The van der Waals surface area contributed by atoms with Crippen LogP contribution in [-0.2, 0) is 9.53 Å². The van der Waals surface area contributed by atoms with E-state index in [0.29, 0.717) is 55.6 Å². The summed E-state index contributed by atoms with van der Waals surface area (Å²) >= 11 is 5.24. The van der Waals surface area contributed by atoms with Gasteiger partial charge in [0.2, 0.25) is 5.91 Å². The Morgan fingerprint density at radius 2 is 2.06 bits per heavy atom. The van der Waals surface area contributed by atoms with E-state index in [0.717, 1.165) is 0 Å². The fraction of sp³-hybridized carbons (Fsp3) is 0.524. The van der Waals surface area contributed by atoms with Crippen LogP contribution in [0.25, 0.3) is 0 Å². The fourth-order valence-electron chi connectivity index (χ4n) is 3.55.